The molecule has 28 heavy (non-hydrogen) atoms. The highest BCUT2D eigenvalue weighted by molar-refractivity contribution is 6.30. The molecule has 1 amide bonds. The van der Waals surface area contributed by atoms with E-state index in [2.05, 4.69) is 11.2 Å². The molecule has 6 heteroatoms. The smallest absolute Gasteiger partial charge is 0.249 e. The van der Waals surface area contributed by atoms with Crippen molar-refractivity contribution in [3.05, 3.63) is 58.6 Å². The standard InChI is InChI=1S/C22H24ClNO4/c1-4-13-28-19-10-7-17(14-20(19)26-2)11-12-24-22(25)21(27-3)15-16-5-8-18(23)9-6-16/h1,5-10,14,21H,11-13,15H2,2-3H3,(H,24,25)/t21-/m0/s1. The Balaban J connectivity index is 1.87. The van der Waals surface area contributed by atoms with E-state index in [1.165, 1.54) is 7.11 Å². The summed E-state index contributed by atoms with van der Waals surface area (Å²) < 4.78 is 16.1. The third kappa shape index (κ3) is 6.49. The number of ether oxygens (including phenoxy) is 3. The van der Waals surface area contributed by atoms with Gasteiger partial charge in [0.15, 0.2) is 11.5 Å². The van der Waals surface area contributed by atoms with E-state index < -0.39 is 6.10 Å². The van der Waals surface area contributed by atoms with Gasteiger partial charge in [0.2, 0.25) is 5.91 Å². The van der Waals surface area contributed by atoms with Crippen LogP contribution in [0, 0.1) is 12.3 Å². The molecular formula is C22H24ClNO4. The Morgan fingerprint density at radius 1 is 1.14 bits per heavy atom. The predicted octanol–water partition coefficient (Wildman–Crippen LogP) is 3.28. The Labute approximate surface area is 170 Å². The zero-order chi connectivity index (χ0) is 20.4. The summed E-state index contributed by atoms with van der Waals surface area (Å²) in [6.45, 7) is 0.658. The average Bonchev–Trinajstić information content (AvgIpc) is 2.72. The van der Waals surface area contributed by atoms with E-state index in [1.54, 1.807) is 19.2 Å². The van der Waals surface area contributed by atoms with Crippen LogP contribution in [0.25, 0.3) is 0 Å². The molecule has 0 aliphatic carbocycles. The van der Waals surface area contributed by atoms with Crippen molar-refractivity contribution in [2.45, 2.75) is 18.9 Å². The predicted molar refractivity (Wildman–Crippen MR) is 110 cm³/mol. The van der Waals surface area contributed by atoms with Crippen molar-refractivity contribution in [3.63, 3.8) is 0 Å². The van der Waals surface area contributed by atoms with E-state index in [0.29, 0.717) is 35.9 Å². The second-order valence-corrected chi connectivity index (χ2v) is 6.51. The molecule has 0 aliphatic heterocycles. The first-order valence-corrected chi connectivity index (χ1v) is 9.23. The summed E-state index contributed by atoms with van der Waals surface area (Å²) in [5, 5.41) is 3.57. The fraction of sp³-hybridized carbons (Fsp3) is 0.318. The number of terminal acetylenes is 1. The Bertz CT molecular complexity index is 814. The molecule has 2 aromatic rings. The van der Waals surface area contributed by atoms with Crippen LogP contribution in [0.2, 0.25) is 5.02 Å². The Morgan fingerprint density at radius 2 is 1.86 bits per heavy atom. The van der Waals surface area contributed by atoms with Crippen molar-refractivity contribution < 1.29 is 19.0 Å². The molecule has 0 saturated heterocycles. The Morgan fingerprint density at radius 3 is 2.50 bits per heavy atom. The third-order valence-corrected chi connectivity index (χ3v) is 4.42. The number of amides is 1. The van der Waals surface area contributed by atoms with Crippen LogP contribution in [0.1, 0.15) is 11.1 Å². The van der Waals surface area contributed by atoms with Gasteiger partial charge in [0.1, 0.15) is 12.7 Å². The molecule has 0 aromatic heterocycles. The van der Waals surface area contributed by atoms with Crippen molar-refractivity contribution in [3.8, 4) is 23.8 Å². The zero-order valence-electron chi connectivity index (χ0n) is 16.0. The lowest BCUT2D eigenvalue weighted by Gasteiger charge is -2.16. The van der Waals surface area contributed by atoms with Gasteiger partial charge in [-0.05, 0) is 41.8 Å². The van der Waals surface area contributed by atoms with E-state index in [1.807, 2.05) is 30.3 Å². The maximum Gasteiger partial charge on any atom is 0.249 e. The van der Waals surface area contributed by atoms with Gasteiger partial charge in [-0.25, -0.2) is 0 Å². The minimum Gasteiger partial charge on any atom is -0.493 e. The number of carbonyl (C=O) groups is 1. The number of hydrogen-bond acceptors (Lipinski definition) is 4. The van der Waals surface area contributed by atoms with Crippen molar-refractivity contribution in [1.82, 2.24) is 5.32 Å². The molecule has 2 aromatic carbocycles. The van der Waals surface area contributed by atoms with Crippen LogP contribution >= 0.6 is 11.6 Å². The lowest BCUT2D eigenvalue weighted by Crippen LogP contribution is -2.38. The molecule has 0 fully saturated rings. The van der Waals surface area contributed by atoms with E-state index in [0.717, 1.165) is 11.1 Å². The van der Waals surface area contributed by atoms with E-state index in [4.69, 9.17) is 32.2 Å². The molecule has 0 saturated carbocycles. The molecule has 5 nitrogen and oxygen atoms in total. The summed E-state index contributed by atoms with van der Waals surface area (Å²) in [5.41, 5.74) is 2.00. The first-order chi connectivity index (χ1) is 13.6. The summed E-state index contributed by atoms with van der Waals surface area (Å²) in [7, 11) is 3.10. The molecule has 0 unspecified atom stereocenters. The van der Waals surface area contributed by atoms with Crippen LogP contribution in [0.4, 0.5) is 0 Å². The molecule has 2 rings (SSSR count). The summed E-state index contributed by atoms with van der Waals surface area (Å²) in [5.74, 6) is 3.47. The number of nitrogens with one attached hydrogen (secondary N) is 1. The largest absolute Gasteiger partial charge is 0.493 e. The number of methoxy groups -OCH3 is 2. The van der Waals surface area contributed by atoms with Crippen molar-refractivity contribution >= 4 is 17.5 Å². The van der Waals surface area contributed by atoms with E-state index in [-0.39, 0.29) is 12.5 Å². The number of halogens is 1. The molecule has 0 spiro atoms. The summed E-state index contributed by atoms with van der Waals surface area (Å²) >= 11 is 5.89. The van der Waals surface area contributed by atoms with Crippen molar-refractivity contribution in [1.29, 1.82) is 0 Å². The van der Waals surface area contributed by atoms with Crippen molar-refractivity contribution in [2.75, 3.05) is 27.4 Å². The number of carbonyl (C=O) groups excluding carboxylic acids is 1. The highest BCUT2D eigenvalue weighted by Gasteiger charge is 2.18. The Kier molecular flexibility index (Phi) is 8.67. The van der Waals surface area contributed by atoms with Gasteiger partial charge in [-0.1, -0.05) is 35.7 Å². The normalized spacial score (nSPS) is 11.4. The highest BCUT2D eigenvalue weighted by Crippen LogP contribution is 2.28. The lowest BCUT2D eigenvalue weighted by molar-refractivity contribution is -0.130. The molecule has 148 valence electrons. The van der Waals surface area contributed by atoms with Crippen LogP contribution in [0.3, 0.4) is 0 Å². The minimum absolute atomic E-state index is 0.154. The van der Waals surface area contributed by atoms with E-state index in [9.17, 15) is 4.79 Å². The van der Waals surface area contributed by atoms with Gasteiger partial charge in [0, 0.05) is 25.1 Å². The average molecular weight is 402 g/mol. The van der Waals surface area contributed by atoms with Gasteiger partial charge in [-0.3, -0.25) is 4.79 Å². The maximum absolute atomic E-state index is 12.4. The lowest BCUT2D eigenvalue weighted by atomic mass is 10.1. The Hall–Kier alpha value is -2.68. The number of benzene rings is 2. The molecule has 0 radical (unpaired) electrons. The van der Waals surface area contributed by atoms with Gasteiger partial charge in [0.05, 0.1) is 7.11 Å². The van der Waals surface area contributed by atoms with Gasteiger partial charge in [-0.15, -0.1) is 6.42 Å². The number of hydrogen-bond donors (Lipinski definition) is 1. The molecule has 0 bridgehead atoms. The number of rotatable bonds is 10. The van der Waals surface area contributed by atoms with Gasteiger partial charge < -0.3 is 19.5 Å². The van der Waals surface area contributed by atoms with Crippen molar-refractivity contribution in [2.24, 2.45) is 0 Å². The quantitative estimate of drug-likeness (QED) is 0.621. The van der Waals surface area contributed by atoms with Crippen LogP contribution in [0.5, 0.6) is 11.5 Å². The van der Waals surface area contributed by atoms with Crippen LogP contribution < -0.4 is 14.8 Å². The van der Waals surface area contributed by atoms with Gasteiger partial charge in [0.25, 0.3) is 0 Å². The van der Waals surface area contributed by atoms with Crippen LogP contribution in [-0.2, 0) is 22.4 Å². The summed E-state index contributed by atoms with van der Waals surface area (Å²) in [6, 6.07) is 13.0. The van der Waals surface area contributed by atoms with E-state index >= 15 is 0 Å². The van der Waals surface area contributed by atoms with Crippen LogP contribution in [0.15, 0.2) is 42.5 Å². The third-order valence-electron chi connectivity index (χ3n) is 4.16. The highest BCUT2D eigenvalue weighted by atomic mass is 35.5. The molecular weight excluding hydrogens is 378 g/mol. The molecule has 1 N–H and O–H groups in total. The second-order valence-electron chi connectivity index (χ2n) is 6.07. The fourth-order valence-corrected chi connectivity index (χ4v) is 2.79. The molecule has 1 atom stereocenters. The second kappa shape index (κ2) is 11.2. The topological polar surface area (TPSA) is 56.8 Å². The minimum atomic E-state index is -0.560. The molecule has 0 aliphatic rings. The summed E-state index contributed by atoms with van der Waals surface area (Å²) in [4.78, 5) is 12.4. The zero-order valence-corrected chi connectivity index (χ0v) is 16.8. The SMILES string of the molecule is C#CCOc1ccc(CCNC(=O)[C@H](Cc2ccc(Cl)cc2)OC)cc1OC. The van der Waals surface area contributed by atoms with Gasteiger partial charge >= 0.3 is 0 Å². The van der Waals surface area contributed by atoms with Gasteiger partial charge in [-0.2, -0.15) is 0 Å². The maximum atomic E-state index is 12.4. The fourth-order valence-electron chi connectivity index (χ4n) is 2.67. The van der Waals surface area contributed by atoms with Crippen LogP contribution in [-0.4, -0.2) is 39.4 Å². The monoisotopic (exact) mass is 401 g/mol. The first kappa shape index (κ1) is 21.6. The molecule has 0 heterocycles. The first-order valence-electron chi connectivity index (χ1n) is 8.85. The summed E-state index contributed by atoms with van der Waals surface area (Å²) in [6.07, 6.45) is 5.78.